The fourth-order valence-corrected chi connectivity index (χ4v) is 4.48. The van der Waals surface area contributed by atoms with Crippen molar-refractivity contribution in [1.82, 2.24) is 14.7 Å². The van der Waals surface area contributed by atoms with Crippen LogP contribution in [0.3, 0.4) is 0 Å². The van der Waals surface area contributed by atoms with Gasteiger partial charge in [-0.3, -0.25) is 0 Å². The highest BCUT2D eigenvalue weighted by Crippen LogP contribution is 2.35. The highest BCUT2D eigenvalue weighted by atomic mass is 16.6. The zero-order valence-corrected chi connectivity index (χ0v) is 18.7. The molecule has 7 heteroatoms. The van der Waals surface area contributed by atoms with Crippen molar-refractivity contribution >= 4 is 17.0 Å². The second-order valence-corrected chi connectivity index (χ2v) is 8.68. The summed E-state index contributed by atoms with van der Waals surface area (Å²) in [6, 6.07) is 12.4. The van der Waals surface area contributed by atoms with Gasteiger partial charge in [0.25, 0.3) is 0 Å². The van der Waals surface area contributed by atoms with Crippen molar-refractivity contribution in [2.75, 3.05) is 26.8 Å². The summed E-state index contributed by atoms with van der Waals surface area (Å²) in [5.74, 6) is 0.802. The van der Waals surface area contributed by atoms with Crippen molar-refractivity contribution in [1.29, 1.82) is 0 Å². The fraction of sp³-hybridized carbons (Fsp3) is 0.440. The van der Waals surface area contributed by atoms with Crippen molar-refractivity contribution in [3.8, 4) is 17.0 Å². The van der Waals surface area contributed by atoms with Crippen molar-refractivity contribution < 1.29 is 19.0 Å². The van der Waals surface area contributed by atoms with Gasteiger partial charge < -0.3 is 19.1 Å². The molecule has 2 aliphatic heterocycles. The molecule has 1 fully saturated rings. The molecule has 0 radical (unpaired) electrons. The van der Waals surface area contributed by atoms with Crippen LogP contribution in [0.4, 0.5) is 4.79 Å². The molecule has 7 nitrogen and oxygen atoms in total. The summed E-state index contributed by atoms with van der Waals surface area (Å²) in [7, 11) is 1.75. The number of carbonyl (C=O) groups excluding carboxylic acids is 1. The molecule has 1 unspecified atom stereocenters. The molecular weight excluding hydrogens is 406 g/mol. The minimum Gasteiger partial charge on any atom is -0.494 e. The Kier molecular flexibility index (Phi) is 5.74. The van der Waals surface area contributed by atoms with E-state index in [0.29, 0.717) is 13.2 Å². The summed E-state index contributed by atoms with van der Waals surface area (Å²) in [6.45, 7) is 4.13. The molecule has 3 aromatic rings. The zero-order valence-electron chi connectivity index (χ0n) is 18.7. The van der Waals surface area contributed by atoms with Gasteiger partial charge in [-0.1, -0.05) is 11.6 Å². The standard InChI is InChI=1S/C25H29N3O4/c1-17-12-18-14-19(13-17)24-21-15-20(30-11-5-9-27(2)25(29)32-16-18)7-8-22(21)28(26-24)23-6-3-4-10-31-23/h7-8,12-15,23H,3-6,9-11,16H2,1-2H3. The molecule has 3 heterocycles. The first-order chi connectivity index (χ1) is 15.6. The number of ether oxygens (including phenoxy) is 3. The van der Waals surface area contributed by atoms with Crippen molar-refractivity contribution in [3.05, 3.63) is 47.5 Å². The maximum atomic E-state index is 12.3. The first-order valence-electron chi connectivity index (χ1n) is 11.3. The van der Waals surface area contributed by atoms with Gasteiger partial charge in [-0.15, -0.1) is 0 Å². The number of hydrogen-bond donors (Lipinski definition) is 0. The molecular formula is C25H29N3O4. The van der Waals surface area contributed by atoms with Crippen LogP contribution in [-0.2, 0) is 16.1 Å². The molecule has 0 spiro atoms. The van der Waals surface area contributed by atoms with Crippen LogP contribution in [0.2, 0.25) is 0 Å². The molecule has 2 aliphatic rings. The monoisotopic (exact) mass is 435 g/mol. The lowest BCUT2D eigenvalue weighted by Gasteiger charge is -2.23. The Morgan fingerprint density at radius 2 is 1.94 bits per heavy atom. The largest absolute Gasteiger partial charge is 0.494 e. The molecule has 1 amide bonds. The molecule has 0 aliphatic carbocycles. The van der Waals surface area contributed by atoms with Crippen molar-refractivity contribution in [2.24, 2.45) is 0 Å². The lowest BCUT2D eigenvalue weighted by atomic mass is 10.0. The molecule has 168 valence electrons. The third-order valence-electron chi connectivity index (χ3n) is 6.10. The Hall–Kier alpha value is -3.06. The van der Waals surface area contributed by atoms with Gasteiger partial charge in [-0.25, -0.2) is 9.48 Å². The number of amides is 1. The SMILES string of the molecule is Cc1cc2cc(c1)-c1nn(C3CCCCO3)c3ccc(cc13)OCCCN(C)C(=O)OC2. The number of rotatable bonds is 1. The summed E-state index contributed by atoms with van der Waals surface area (Å²) in [5, 5.41) is 6.07. The number of aryl methyl sites for hydroxylation is 1. The van der Waals surface area contributed by atoms with Crippen molar-refractivity contribution in [3.63, 3.8) is 0 Å². The van der Waals surface area contributed by atoms with Crippen molar-refractivity contribution in [2.45, 2.75) is 45.4 Å². The number of cyclic esters (lactones) is 1. The van der Waals surface area contributed by atoms with E-state index < -0.39 is 0 Å². The van der Waals surface area contributed by atoms with E-state index in [-0.39, 0.29) is 18.9 Å². The second-order valence-electron chi connectivity index (χ2n) is 8.68. The molecule has 1 aromatic heterocycles. The molecule has 0 saturated carbocycles. The maximum Gasteiger partial charge on any atom is 0.409 e. The van der Waals surface area contributed by atoms with Gasteiger partial charge in [0.2, 0.25) is 0 Å². The Labute approximate surface area is 187 Å². The smallest absolute Gasteiger partial charge is 0.409 e. The summed E-state index contributed by atoms with van der Waals surface area (Å²) in [4.78, 5) is 13.9. The molecule has 4 bridgehead atoms. The normalized spacial score (nSPS) is 19.9. The number of benzene rings is 2. The lowest BCUT2D eigenvalue weighted by molar-refractivity contribution is -0.0365. The summed E-state index contributed by atoms with van der Waals surface area (Å²) < 4.78 is 19.6. The quantitative estimate of drug-likeness (QED) is 0.534. The maximum absolute atomic E-state index is 12.3. The number of aromatic nitrogens is 2. The zero-order chi connectivity index (χ0) is 22.1. The van der Waals surface area contributed by atoms with E-state index in [9.17, 15) is 4.79 Å². The Morgan fingerprint density at radius 3 is 2.78 bits per heavy atom. The van der Waals surface area contributed by atoms with Gasteiger partial charge in [-0.2, -0.15) is 5.10 Å². The van der Waals surface area contributed by atoms with E-state index in [1.165, 1.54) is 0 Å². The van der Waals surface area contributed by atoms with Crippen LogP contribution in [0.1, 0.15) is 43.0 Å². The third-order valence-corrected chi connectivity index (χ3v) is 6.10. The number of hydrogen-bond acceptors (Lipinski definition) is 5. The lowest BCUT2D eigenvalue weighted by Crippen LogP contribution is -2.29. The van der Waals surface area contributed by atoms with Gasteiger partial charge in [0, 0.05) is 31.1 Å². The van der Waals surface area contributed by atoms with Crippen LogP contribution in [0.5, 0.6) is 5.75 Å². The summed E-state index contributed by atoms with van der Waals surface area (Å²) >= 11 is 0. The Bertz CT molecular complexity index is 1130. The minimum atomic E-state index is -0.329. The van der Waals surface area contributed by atoms with E-state index in [0.717, 1.165) is 71.3 Å². The first-order valence-corrected chi connectivity index (χ1v) is 11.3. The number of fused-ring (bicyclic) bond motifs is 4. The molecule has 1 saturated heterocycles. The van der Waals surface area contributed by atoms with Gasteiger partial charge >= 0.3 is 6.09 Å². The van der Waals surface area contributed by atoms with Crippen LogP contribution in [-0.4, -0.2) is 47.6 Å². The van der Waals surface area contributed by atoms with E-state index >= 15 is 0 Å². The summed E-state index contributed by atoms with van der Waals surface area (Å²) in [6.07, 6.45) is 3.52. The van der Waals surface area contributed by atoms with Gasteiger partial charge in [-0.05, 0) is 68.5 Å². The second kappa shape index (κ2) is 8.82. The van der Waals surface area contributed by atoms with E-state index in [2.05, 4.69) is 24.3 Å². The van der Waals surface area contributed by atoms with E-state index in [1.54, 1.807) is 11.9 Å². The van der Waals surface area contributed by atoms with E-state index in [4.69, 9.17) is 19.3 Å². The molecule has 0 N–H and O–H groups in total. The van der Waals surface area contributed by atoms with Crippen LogP contribution < -0.4 is 4.74 Å². The highest BCUT2D eigenvalue weighted by Gasteiger charge is 2.23. The summed E-state index contributed by atoms with van der Waals surface area (Å²) in [5.41, 5.74) is 4.97. The molecule has 32 heavy (non-hydrogen) atoms. The van der Waals surface area contributed by atoms with Gasteiger partial charge in [0.1, 0.15) is 18.1 Å². The van der Waals surface area contributed by atoms with Crippen LogP contribution in [0, 0.1) is 6.92 Å². The van der Waals surface area contributed by atoms with E-state index in [1.807, 2.05) is 23.7 Å². The molecule has 1 atom stereocenters. The highest BCUT2D eigenvalue weighted by molar-refractivity contribution is 5.94. The average Bonchev–Trinajstić information content (AvgIpc) is 3.19. The van der Waals surface area contributed by atoms with Crippen LogP contribution in [0.15, 0.2) is 36.4 Å². The molecule has 5 rings (SSSR count). The third kappa shape index (κ3) is 4.17. The predicted octanol–water partition coefficient (Wildman–Crippen LogP) is 5.06. The number of nitrogens with zero attached hydrogens (tertiary/aromatic N) is 3. The van der Waals surface area contributed by atoms with Gasteiger partial charge in [0.05, 0.1) is 12.1 Å². The fourth-order valence-electron chi connectivity index (χ4n) is 4.48. The Morgan fingerprint density at radius 1 is 1.03 bits per heavy atom. The molecule has 2 aromatic carbocycles. The van der Waals surface area contributed by atoms with Gasteiger partial charge in [0.15, 0.2) is 6.23 Å². The number of carbonyl (C=O) groups is 1. The first kappa shape index (κ1) is 20.8. The predicted molar refractivity (Wildman–Crippen MR) is 122 cm³/mol. The Balaban J connectivity index is 1.63. The topological polar surface area (TPSA) is 65.8 Å². The minimum absolute atomic E-state index is 0.0573. The van der Waals surface area contributed by atoms with Crippen LogP contribution >= 0.6 is 0 Å². The van der Waals surface area contributed by atoms with Crippen LogP contribution in [0.25, 0.3) is 22.2 Å². The average molecular weight is 436 g/mol.